The van der Waals surface area contributed by atoms with Gasteiger partial charge >= 0.3 is 0 Å². The Hall–Kier alpha value is -2.70. The monoisotopic (exact) mass is 379 g/mol. The van der Waals surface area contributed by atoms with Gasteiger partial charge in [0.15, 0.2) is 6.29 Å². The fraction of sp³-hybridized carbons (Fsp3) is 0.238. The van der Waals surface area contributed by atoms with E-state index in [0.717, 1.165) is 53.6 Å². The van der Waals surface area contributed by atoms with Gasteiger partial charge in [-0.25, -0.2) is 4.98 Å². The van der Waals surface area contributed by atoms with Crippen molar-refractivity contribution in [3.8, 4) is 17.0 Å². The number of rotatable bonds is 6. The summed E-state index contributed by atoms with van der Waals surface area (Å²) < 4.78 is 11.4. The molecule has 0 aliphatic carbocycles. The molecule has 0 spiro atoms. The van der Waals surface area contributed by atoms with Gasteiger partial charge in [-0.1, -0.05) is 30.3 Å². The lowest BCUT2D eigenvalue weighted by atomic mass is 10.2. The number of hydrazone groups is 1. The average molecular weight is 379 g/mol. The van der Waals surface area contributed by atoms with Crippen molar-refractivity contribution in [3.63, 3.8) is 0 Å². The minimum atomic E-state index is -0.122. The van der Waals surface area contributed by atoms with Gasteiger partial charge < -0.3 is 9.47 Å². The number of hydrogen-bond acceptors (Lipinski definition) is 6. The number of benzene rings is 2. The summed E-state index contributed by atoms with van der Waals surface area (Å²) in [5, 5.41) is 7.06. The Kier molecular flexibility index (Phi) is 5.76. The maximum Gasteiger partial charge on any atom is 0.203 e. The lowest BCUT2D eigenvalue weighted by Crippen LogP contribution is -2.24. The third kappa shape index (κ3) is 4.93. The Morgan fingerprint density at radius 2 is 1.96 bits per heavy atom. The van der Waals surface area contributed by atoms with Crippen molar-refractivity contribution in [3.05, 3.63) is 65.5 Å². The lowest BCUT2D eigenvalue weighted by molar-refractivity contribution is -0.105. The zero-order chi connectivity index (χ0) is 18.3. The summed E-state index contributed by atoms with van der Waals surface area (Å²) in [6.07, 6.45) is 4.87. The molecular weight excluding hydrogens is 358 g/mol. The van der Waals surface area contributed by atoms with Gasteiger partial charge in [0, 0.05) is 17.4 Å². The van der Waals surface area contributed by atoms with Gasteiger partial charge in [0.05, 0.1) is 18.5 Å². The molecule has 1 aromatic heterocycles. The maximum atomic E-state index is 5.84. The van der Waals surface area contributed by atoms with Crippen LogP contribution in [0.15, 0.2) is 65.1 Å². The van der Waals surface area contributed by atoms with E-state index >= 15 is 0 Å². The van der Waals surface area contributed by atoms with Gasteiger partial charge in [0.25, 0.3) is 0 Å². The molecule has 27 heavy (non-hydrogen) atoms. The predicted molar refractivity (Wildman–Crippen MR) is 109 cm³/mol. The molecule has 2 aromatic carbocycles. The van der Waals surface area contributed by atoms with Crippen LogP contribution in [0.2, 0.25) is 0 Å². The van der Waals surface area contributed by atoms with Crippen molar-refractivity contribution in [2.75, 3.05) is 12.0 Å². The number of nitrogens with one attached hydrogen (secondary N) is 1. The van der Waals surface area contributed by atoms with Crippen LogP contribution in [0, 0.1) is 0 Å². The molecule has 1 saturated heterocycles. The second-order valence-electron chi connectivity index (χ2n) is 6.26. The zero-order valence-corrected chi connectivity index (χ0v) is 15.7. The van der Waals surface area contributed by atoms with Crippen molar-refractivity contribution in [1.82, 2.24) is 4.98 Å². The van der Waals surface area contributed by atoms with Crippen LogP contribution in [0.1, 0.15) is 24.8 Å². The molecule has 138 valence electrons. The second kappa shape index (κ2) is 8.79. The van der Waals surface area contributed by atoms with E-state index in [2.05, 4.69) is 15.5 Å². The molecule has 1 aliphatic heterocycles. The van der Waals surface area contributed by atoms with Crippen molar-refractivity contribution in [1.29, 1.82) is 0 Å². The van der Waals surface area contributed by atoms with Crippen molar-refractivity contribution in [2.45, 2.75) is 25.6 Å². The van der Waals surface area contributed by atoms with Crippen LogP contribution in [0.4, 0.5) is 5.13 Å². The van der Waals surface area contributed by atoms with E-state index < -0.39 is 0 Å². The molecule has 1 fully saturated rings. The largest absolute Gasteiger partial charge is 0.465 e. The highest BCUT2D eigenvalue weighted by atomic mass is 32.1. The molecule has 2 heterocycles. The van der Waals surface area contributed by atoms with Crippen LogP contribution in [-0.2, 0) is 4.74 Å². The van der Waals surface area contributed by atoms with E-state index in [1.807, 2.05) is 60.0 Å². The Balaban J connectivity index is 1.31. The topological polar surface area (TPSA) is 55.7 Å². The molecule has 1 unspecified atom stereocenters. The van der Waals surface area contributed by atoms with Gasteiger partial charge in [-0.2, -0.15) is 5.10 Å². The first-order valence-corrected chi connectivity index (χ1v) is 9.93. The summed E-state index contributed by atoms with van der Waals surface area (Å²) >= 11 is 1.53. The third-order valence-corrected chi connectivity index (χ3v) is 4.98. The Labute approximate surface area is 162 Å². The Morgan fingerprint density at radius 3 is 2.74 bits per heavy atom. The highest BCUT2D eigenvalue weighted by molar-refractivity contribution is 7.14. The van der Waals surface area contributed by atoms with Gasteiger partial charge in [0.1, 0.15) is 5.75 Å². The van der Waals surface area contributed by atoms with Crippen LogP contribution in [-0.4, -0.2) is 24.1 Å². The van der Waals surface area contributed by atoms with Crippen LogP contribution >= 0.6 is 11.3 Å². The predicted octanol–water partition coefficient (Wildman–Crippen LogP) is 5.16. The van der Waals surface area contributed by atoms with Gasteiger partial charge in [-0.15, -0.1) is 11.3 Å². The minimum absolute atomic E-state index is 0.122. The highest BCUT2D eigenvalue weighted by Gasteiger charge is 2.14. The molecule has 0 bridgehead atoms. The molecule has 5 nitrogen and oxygen atoms in total. The first-order chi connectivity index (χ1) is 13.4. The number of thiazole rings is 1. The molecule has 6 heteroatoms. The van der Waals surface area contributed by atoms with E-state index in [9.17, 15) is 0 Å². The molecule has 4 rings (SSSR count). The molecule has 1 atom stereocenters. The average Bonchev–Trinajstić information content (AvgIpc) is 3.20. The van der Waals surface area contributed by atoms with Crippen LogP contribution in [0.5, 0.6) is 5.75 Å². The van der Waals surface area contributed by atoms with E-state index in [4.69, 9.17) is 9.47 Å². The lowest BCUT2D eigenvalue weighted by Gasteiger charge is -2.23. The first kappa shape index (κ1) is 17.7. The fourth-order valence-electron chi connectivity index (χ4n) is 2.82. The fourth-order valence-corrected chi connectivity index (χ4v) is 3.49. The van der Waals surface area contributed by atoms with E-state index in [0.29, 0.717) is 0 Å². The third-order valence-electron chi connectivity index (χ3n) is 4.23. The van der Waals surface area contributed by atoms with E-state index in [1.54, 1.807) is 6.21 Å². The van der Waals surface area contributed by atoms with Gasteiger partial charge in [0.2, 0.25) is 5.13 Å². The highest BCUT2D eigenvalue weighted by Crippen LogP contribution is 2.24. The number of ether oxygens (including phenoxy) is 2. The molecule has 1 aliphatic rings. The molecular formula is C21H21N3O2S. The minimum Gasteiger partial charge on any atom is -0.465 e. The number of anilines is 1. The molecule has 0 radical (unpaired) electrons. The number of hydrogen-bond donors (Lipinski definition) is 1. The smallest absolute Gasteiger partial charge is 0.203 e. The van der Waals surface area contributed by atoms with Crippen LogP contribution in [0.3, 0.4) is 0 Å². The summed E-state index contributed by atoms with van der Waals surface area (Å²) in [5.74, 6) is 0.819. The normalized spacial score (nSPS) is 17.1. The van der Waals surface area contributed by atoms with Gasteiger partial charge in [-0.3, -0.25) is 5.43 Å². The van der Waals surface area contributed by atoms with E-state index in [1.165, 1.54) is 11.3 Å². The van der Waals surface area contributed by atoms with Crippen molar-refractivity contribution >= 4 is 22.7 Å². The first-order valence-electron chi connectivity index (χ1n) is 9.05. The maximum absolute atomic E-state index is 5.84. The summed E-state index contributed by atoms with van der Waals surface area (Å²) in [4.78, 5) is 4.55. The van der Waals surface area contributed by atoms with Crippen LogP contribution < -0.4 is 10.2 Å². The van der Waals surface area contributed by atoms with Crippen molar-refractivity contribution < 1.29 is 9.47 Å². The zero-order valence-electron chi connectivity index (χ0n) is 14.9. The quantitative estimate of drug-likeness (QED) is 0.475. The summed E-state index contributed by atoms with van der Waals surface area (Å²) in [6, 6.07) is 17.9. The molecule has 1 N–H and O–H groups in total. The Bertz CT molecular complexity index is 872. The molecule has 0 saturated carbocycles. The molecule has 0 amide bonds. The second-order valence-corrected chi connectivity index (χ2v) is 7.12. The van der Waals surface area contributed by atoms with Crippen LogP contribution in [0.25, 0.3) is 11.3 Å². The van der Waals surface area contributed by atoms with E-state index in [-0.39, 0.29) is 6.29 Å². The SMILES string of the molecule is C(=NNc1nc(-c2ccccc2)cs1)c1ccc(OC2CCCCO2)cc1. The summed E-state index contributed by atoms with van der Waals surface area (Å²) in [5.41, 5.74) is 6.02. The standard InChI is InChI=1S/C21H21N3O2S/c1-2-6-17(7-3-1)19-15-27-21(23-19)24-22-14-16-9-11-18(12-10-16)26-20-8-4-5-13-25-20/h1-3,6-7,9-12,14-15,20H,4-5,8,13H2,(H,23,24). The number of nitrogens with zero attached hydrogens (tertiary/aromatic N) is 2. The Morgan fingerprint density at radius 1 is 1.11 bits per heavy atom. The van der Waals surface area contributed by atoms with Gasteiger partial charge in [-0.05, 0) is 42.7 Å². The summed E-state index contributed by atoms with van der Waals surface area (Å²) in [6.45, 7) is 0.782. The number of aromatic nitrogens is 1. The summed E-state index contributed by atoms with van der Waals surface area (Å²) in [7, 11) is 0. The molecule has 3 aromatic rings. The van der Waals surface area contributed by atoms with Crippen molar-refractivity contribution in [2.24, 2.45) is 5.10 Å².